The lowest BCUT2D eigenvalue weighted by Crippen LogP contribution is -2.32. The number of nitrogens with one attached hydrogen (secondary N) is 2. The summed E-state index contributed by atoms with van der Waals surface area (Å²) in [6, 6.07) is 19.2. The van der Waals surface area contributed by atoms with Crippen LogP contribution in [0.5, 0.6) is 17.2 Å². The molecule has 7 nitrogen and oxygen atoms in total. The lowest BCUT2D eigenvalue weighted by atomic mass is 10.2. The van der Waals surface area contributed by atoms with Crippen LogP contribution in [0.3, 0.4) is 0 Å². The number of benzene rings is 3. The van der Waals surface area contributed by atoms with Crippen LogP contribution in [0.2, 0.25) is 5.02 Å². The van der Waals surface area contributed by atoms with Crippen molar-refractivity contribution in [3.05, 3.63) is 82.9 Å². The lowest BCUT2D eigenvalue weighted by molar-refractivity contribution is -0.115. The molecule has 3 aromatic rings. The van der Waals surface area contributed by atoms with E-state index in [1.807, 2.05) is 25.1 Å². The average molecular weight is 469 g/mol. The van der Waals surface area contributed by atoms with Crippen molar-refractivity contribution in [1.82, 2.24) is 5.32 Å². The minimum Gasteiger partial charge on any atom is -0.494 e. The zero-order valence-electron chi connectivity index (χ0n) is 18.4. The first-order chi connectivity index (χ1) is 16.0. The molecule has 0 bridgehead atoms. The molecule has 0 aliphatic rings. The van der Waals surface area contributed by atoms with Crippen molar-refractivity contribution in [3.8, 4) is 17.2 Å². The van der Waals surface area contributed by atoms with Crippen molar-refractivity contribution < 1.29 is 23.8 Å². The summed E-state index contributed by atoms with van der Waals surface area (Å²) in [6.07, 6.45) is 0. The van der Waals surface area contributed by atoms with Crippen molar-refractivity contribution in [2.24, 2.45) is 0 Å². The largest absolute Gasteiger partial charge is 0.494 e. The van der Waals surface area contributed by atoms with Gasteiger partial charge in [0.15, 0.2) is 11.5 Å². The lowest BCUT2D eigenvalue weighted by Gasteiger charge is -2.13. The molecule has 0 heterocycles. The second kappa shape index (κ2) is 11.8. The molecule has 8 heteroatoms. The van der Waals surface area contributed by atoms with E-state index >= 15 is 0 Å². The molecule has 172 valence electrons. The van der Waals surface area contributed by atoms with Crippen LogP contribution in [0, 0.1) is 0 Å². The van der Waals surface area contributed by atoms with Gasteiger partial charge in [-0.05, 0) is 55.5 Å². The summed E-state index contributed by atoms with van der Waals surface area (Å²) in [4.78, 5) is 24.7. The molecule has 2 amide bonds. The highest BCUT2D eigenvalue weighted by atomic mass is 35.5. The normalized spacial score (nSPS) is 10.3. The van der Waals surface area contributed by atoms with E-state index in [-0.39, 0.29) is 19.1 Å². The summed E-state index contributed by atoms with van der Waals surface area (Å²) in [5, 5.41) is 5.93. The number of carbonyl (C=O) groups excluding carboxylic acids is 2. The summed E-state index contributed by atoms with van der Waals surface area (Å²) in [5.41, 5.74) is 1.78. The molecule has 0 saturated carbocycles. The summed E-state index contributed by atoms with van der Waals surface area (Å²) >= 11 is 6.16. The van der Waals surface area contributed by atoms with E-state index in [9.17, 15) is 9.59 Å². The number of hydrogen-bond donors (Lipinski definition) is 2. The average Bonchev–Trinajstić information content (AvgIpc) is 2.83. The molecule has 0 aromatic heterocycles. The molecular weight excluding hydrogens is 444 g/mol. The quantitative estimate of drug-likeness (QED) is 0.450. The second-order valence-corrected chi connectivity index (χ2v) is 7.34. The molecule has 0 aliphatic heterocycles. The highest BCUT2D eigenvalue weighted by Gasteiger charge is 2.13. The Labute approximate surface area is 197 Å². The van der Waals surface area contributed by atoms with Crippen LogP contribution >= 0.6 is 11.6 Å². The number of amides is 2. The Morgan fingerprint density at radius 2 is 1.70 bits per heavy atom. The van der Waals surface area contributed by atoms with Gasteiger partial charge in [-0.15, -0.1) is 0 Å². The van der Waals surface area contributed by atoms with Crippen molar-refractivity contribution in [3.63, 3.8) is 0 Å². The van der Waals surface area contributed by atoms with Gasteiger partial charge in [0.25, 0.3) is 5.91 Å². The zero-order chi connectivity index (χ0) is 23.6. The number of ether oxygens (including phenoxy) is 3. The van der Waals surface area contributed by atoms with E-state index in [0.717, 1.165) is 11.3 Å². The minimum absolute atomic E-state index is 0.181. The van der Waals surface area contributed by atoms with E-state index in [1.165, 1.54) is 7.11 Å². The third-order valence-corrected chi connectivity index (χ3v) is 4.99. The zero-order valence-corrected chi connectivity index (χ0v) is 19.1. The third kappa shape index (κ3) is 6.89. The van der Waals surface area contributed by atoms with Crippen LogP contribution in [0.25, 0.3) is 0 Å². The van der Waals surface area contributed by atoms with Gasteiger partial charge in [-0.25, -0.2) is 0 Å². The second-order valence-electron chi connectivity index (χ2n) is 6.93. The molecule has 33 heavy (non-hydrogen) atoms. The van der Waals surface area contributed by atoms with Crippen molar-refractivity contribution >= 4 is 29.1 Å². The Kier molecular flexibility index (Phi) is 8.55. The van der Waals surface area contributed by atoms with Crippen molar-refractivity contribution in [1.29, 1.82) is 0 Å². The van der Waals surface area contributed by atoms with Crippen molar-refractivity contribution in [2.75, 3.05) is 25.6 Å². The number of methoxy groups -OCH3 is 1. The monoisotopic (exact) mass is 468 g/mol. The smallest absolute Gasteiger partial charge is 0.251 e. The van der Waals surface area contributed by atoms with E-state index < -0.39 is 5.91 Å². The van der Waals surface area contributed by atoms with Crippen LogP contribution in [-0.4, -0.2) is 32.1 Å². The molecular formula is C25H25ClN2O5. The predicted molar refractivity (Wildman–Crippen MR) is 127 cm³/mol. The summed E-state index contributed by atoms with van der Waals surface area (Å²) < 4.78 is 16.5. The summed E-state index contributed by atoms with van der Waals surface area (Å²) in [7, 11) is 1.49. The van der Waals surface area contributed by atoms with Crippen LogP contribution < -0.4 is 24.8 Å². The maximum absolute atomic E-state index is 12.5. The first-order valence-corrected chi connectivity index (χ1v) is 10.7. The number of anilines is 1. The molecule has 0 saturated heterocycles. The highest BCUT2D eigenvalue weighted by Crippen LogP contribution is 2.29. The fraction of sp³-hybridized carbons (Fsp3) is 0.200. The fourth-order valence-electron chi connectivity index (χ4n) is 2.97. The topological polar surface area (TPSA) is 85.9 Å². The van der Waals surface area contributed by atoms with Gasteiger partial charge in [0.1, 0.15) is 12.4 Å². The first-order valence-electron chi connectivity index (χ1n) is 10.3. The van der Waals surface area contributed by atoms with E-state index in [4.69, 9.17) is 25.8 Å². The van der Waals surface area contributed by atoms with Crippen LogP contribution in [0.15, 0.2) is 66.7 Å². The summed E-state index contributed by atoms with van der Waals surface area (Å²) in [6.45, 7) is 2.54. The van der Waals surface area contributed by atoms with Crippen LogP contribution in [0.4, 0.5) is 5.69 Å². The van der Waals surface area contributed by atoms with Gasteiger partial charge >= 0.3 is 0 Å². The summed E-state index contributed by atoms with van der Waals surface area (Å²) in [5.74, 6) is 0.833. The molecule has 0 fully saturated rings. The van der Waals surface area contributed by atoms with Gasteiger partial charge in [-0.1, -0.05) is 29.8 Å². The molecule has 0 unspecified atom stereocenters. The van der Waals surface area contributed by atoms with Crippen molar-refractivity contribution in [2.45, 2.75) is 13.5 Å². The van der Waals surface area contributed by atoms with Gasteiger partial charge in [0.05, 0.1) is 20.3 Å². The molecule has 0 radical (unpaired) electrons. The number of carbonyl (C=O) groups is 2. The Bertz CT molecular complexity index is 1100. The predicted octanol–water partition coefficient (Wildman–Crippen LogP) is 4.69. The highest BCUT2D eigenvalue weighted by molar-refractivity contribution is 6.31. The van der Waals surface area contributed by atoms with Gasteiger partial charge in [-0.3, -0.25) is 9.59 Å². The molecule has 0 aliphatic carbocycles. The SMILES string of the molecule is CCOc1ccc(NC(=O)CNC(=O)c2ccc(OCc3ccccc3Cl)c(OC)c2)cc1. The van der Waals surface area contributed by atoms with Crippen LogP contribution in [0.1, 0.15) is 22.8 Å². The first kappa shape index (κ1) is 23.9. The van der Waals surface area contributed by atoms with E-state index in [1.54, 1.807) is 48.5 Å². The number of hydrogen-bond acceptors (Lipinski definition) is 5. The molecule has 3 aromatic carbocycles. The fourth-order valence-corrected chi connectivity index (χ4v) is 3.16. The Morgan fingerprint density at radius 3 is 2.39 bits per heavy atom. The Hall–Kier alpha value is -3.71. The standard InChI is InChI=1S/C25H25ClN2O5/c1-3-32-20-11-9-19(10-12-20)28-24(29)15-27-25(30)17-8-13-22(23(14-17)31-2)33-16-18-6-4-5-7-21(18)26/h4-14H,3,15-16H2,1-2H3,(H,27,30)(H,28,29). The number of rotatable bonds is 10. The molecule has 0 atom stereocenters. The maximum Gasteiger partial charge on any atom is 0.251 e. The van der Waals surface area contributed by atoms with Gasteiger partial charge in [0.2, 0.25) is 5.91 Å². The molecule has 3 rings (SSSR count). The van der Waals surface area contributed by atoms with E-state index in [0.29, 0.717) is 34.4 Å². The van der Waals surface area contributed by atoms with Gasteiger partial charge in [-0.2, -0.15) is 0 Å². The van der Waals surface area contributed by atoms with E-state index in [2.05, 4.69) is 10.6 Å². The minimum atomic E-state index is -0.409. The maximum atomic E-state index is 12.5. The Balaban J connectivity index is 1.54. The van der Waals surface area contributed by atoms with Crippen LogP contribution in [-0.2, 0) is 11.4 Å². The third-order valence-electron chi connectivity index (χ3n) is 4.63. The number of halogens is 1. The molecule has 2 N–H and O–H groups in total. The Morgan fingerprint density at radius 1 is 0.939 bits per heavy atom. The molecule has 0 spiro atoms. The van der Waals surface area contributed by atoms with Gasteiger partial charge in [0, 0.05) is 21.8 Å². The van der Waals surface area contributed by atoms with Gasteiger partial charge < -0.3 is 24.8 Å².